The van der Waals surface area contributed by atoms with Crippen LogP contribution in [-0.2, 0) is 9.63 Å². The maximum atomic E-state index is 14.0. The second-order valence-corrected chi connectivity index (χ2v) is 9.77. The van der Waals surface area contributed by atoms with Gasteiger partial charge < -0.3 is 4.84 Å². The van der Waals surface area contributed by atoms with E-state index in [1.54, 1.807) is 0 Å². The molecule has 0 radical (unpaired) electrons. The Morgan fingerprint density at radius 3 is 1.92 bits per heavy atom. The van der Waals surface area contributed by atoms with Crippen LogP contribution in [0.25, 0.3) is 6.08 Å². The van der Waals surface area contributed by atoms with Gasteiger partial charge in [0.05, 0.1) is 5.71 Å². The lowest BCUT2D eigenvalue weighted by Gasteiger charge is -2.29. The molecule has 2 atom stereocenters. The fourth-order valence-electron chi connectivity index (χ4n) is 5.02. The van der Waals surface area contributed by atoms with E-state index in [4.69, 9.17) is 33.0 Å². The van der Waals surface area contributed by atoms with E-state index < -0.39 is 17.4 Å². The van der Waals surface area contributed by atoms with Crippen LogP contribution in [0.15, 0.2) is 125 Å². The molecule has 6 heteroatoms. The lowest BCUT2D eigenvalue weighted by Crippen LogP contribution is -2.41. The van der Waals surface area contributed by atoms with Crippen molar-refractivity contribution in [2.24, 2.45) is 15.6 Å². The van der Waals surface area contributed by atoms with Crippen LogP contribution >= 0.6 is 23.2 Å². The molecule has 6 rings (SSSR count). The number of hydrogen-bond donors (Lipinski definition) is 0. The fourth-order valence-corrected chi connectivity index (χ4v) is 5.27. The molecule has 2 aliphatic heterocycles. The van der Waals surface area contributed by atoms with E-state index in [1.807, 2.05) is 115 Å². The van der Waals surface area contributed by atoms with Gasteiger partial charge in [0.1, 0.15) is 11.8 Å². The first-order valence-electron chi connectivity index (χ1n) is 11.8. The summed E-state index contributed by atoms with van der Waals surface area (Å²) in [6, 6.07) is 33.8. The summed E-state index contributed by atoms with van der Waals surface area (Å²) in [7, 11) is 0. The zero-order chi connectivity index (χ0) is 25.4. The first-order chi connectivity index (χ1) is 18.1. The quantitative estimate of drug-likeness (QED) is 0.259. The Morgan fingerprint density at radius 2 is 1.30 bits per heavy atom. The first-order valence-corrected chi connectivity index (χ1v) is 12.5. The van der Waals surface area contributed by atoms with Gasteiger partial charge >= 0.3 is 5.97 Å². The number of halogens is 2. The van der Waals surface area contributed by atoms with Crippen molar-refractivity contribution < 1.29 is 9.63 Å². The molecule has 0 N–H and O–H groups in total. The minimum atomic E-state index is -1.31. The van der Waals surface area contributed by atoms with Crippen molar-refractivity contribution in [3.63, 3.8) is 0 Å². The molecule has 37 heavy (non-hydrogen) atoms. The zero-order valence-corrected chi connectivity index (χ0v) is 21.0. The normalized spacial score (nSPS) is 21.7. The van der Waals surface area contributed by atoms with E-state index in [0.29, 0.717) is 27.0 Å². The van der Waals surface area contributed by atoms with Gasteiger partial charge in [0.2, 0.25) is 0 Å². The van der Waals surface area contributed by atoms with E-state index in [2.05, 4.69) is 5.16 Å². The Bertz CT molecular complexity index is 1560. The molecule has 0 aliphatic carbocycles. The molecular weight excluding hydrogens is 503 g/mol. The highest BCUT2D eigenvalue weighted by atomic mass is 35.5. The van der Waals surface area contributed by atoms with Gasteiger partial charge in [-0.15, -0.1) is 0 Å². The Kier molecular flexibility index (Phi) is 5.99. The van der Waals surface area contributed by atoms with Gasteiger partial charge in [-0.05, 0) is 41.5 Å². The minimum Gasteiger partial charge on any atom is -0.316 e. The van der Waals surface area contributed by atoms with E-state index >= 15 is 0 Å². The molecule has 0 amide bonds. The molecule has 0 unspecified atom stereocenters. The molecule has 0 fully saturated rings. The van der Waals surface area contributed by atoms with Crippen molar-refractivity contribution in [3.8, 4) is 0 Å². The predicted molar refractivity (Wildman–Crippen MR) is 148 cm³/mol. The summed E-state index contributed by atoms with van der Waals surface area (Å²) in [5, 5.41) is 5.59. The van der Waals surface area contributed by atoms with Gasteiger partial charge in [-0.1, -0.05) is 113 Å². The van der Waals surface area contributed by atoms with Crippen molar-refractivity contribution in [1.82, 2.24) is 0 Å². The Labute approximate surface area is 224 Å². The number of nitrogens with zero attached hydrogens (tertiary/aromatic N) is 2. The van der Waals surface area contributed by atoms with Crippen LogP contribution in [0, 0.1) is 5.41 Å². The van der Waals surface area contributed by atoms with Crippen LogP contribution in [-0.4, -0.2) is 17.4 Å². The molecule has 0 bridgehead atoms. The van der Waals surface area contributed by atoms with Crippen LogP contribution in [0.5, 0.6) is 0 Å². The van der Waals surface area contributed by atoms with Gasteiger partial charge in [0.15, 0.2) is 5.41 Å². The summed E-state index contributed by atoms with van der Waals surface area (Å²) in [4.78, 5) is 24.7. The van der Waals surface area contributed by atoms with Crippen LogP contribution in [0.2, 0.25) is 10.0 Å². The third-order valence-corrected chi connectivity index (χ3v) is 7.23. The number of aliphatic imine (C=N–C) groups is 1. The smallest absolute Gasteiger partial charge is 0.316 e. The first kappa shape index (κ1) is 23.4. The molecule has 1 spiro atoms. The number of hydrogen-bond acceptors (Lipinski definition) is 4. The van der Waals surface area contributed by atoms with Gasteiger partial charge in [-0.3, -0.25) is 4.99 Å². The molecule has 0 saturated heterocycles. The zero-order valence-electron chi connectivity index (χ0n) is 19.5. The SMILES string of the molecule is O=C1ON=C(c2ccccc2)[C@]12/C(=C\c1ccc(Cl)cc1)C(c1ccccc1)=N[C@@H]2c1ccc(Cl)cc1. The predicted octanol–water partition coefficient (Wildman–Crippen LogP) is 7.57. The Hall–Kier alpha value is -3.99. The van der Waals surface area contributed by atoms with Crippen LogP contribution < -0.4 is 0 Å². The highest BCUT2D eigenvalue weighted by molar-refractivity contribution is 6.32. The lowest BCUT2D eigenvalue weighted by molar-refractivity contribution is -0.147. The largest absolute Gasteiger partial charge is 0.354 e. The summed E-state index contributed by atoms with van der Waals surface area (Å²) in [6.45, 7) is 0. The summed E-state index contributed by atoms with van der Waals surface area (Å²) in [5.74, 6) is -0.471. The van der Waals surface area contributed by atoms with E-state index in [1.165, 1.54) is 0 Å². The van der Waals surface area contributed by atoms with Gasteiger partial charge in [-0.2, -0.15) is 0 Å². The number of carbonyl (C=O) groups excluding carboxylic acids is 1. The summed E-state index contributed by atoms with van der Waals surface area (Å²) < 4.78 is 0. The molecule has 4 aromatic rings. The van der Waals surface area contributed by atoms with Crippen molar-refractivity contribution in [3.05, 3.63) is 147 Å². The topological polar surface area (TPSA) is 51.0 Å². The van der Waals surface area contributed by atoms with Gasteiger partial charge in [0.25, 0.3) is 0 Å². The number of benzene rings is 4. The average Bonchev–Trinajstić information content (AvgIpc) is 3.45. The molecule has 4 aromatic carbocycles. The van der Waals surface area contributed by atoms with Crippen molar-refractivity contribution in [2.75, 3.05) is 0 Å². The van der Waals surface area contributed by atoms with E-state index in [0.717, 1.165) is 22.3 Å². The minimum absolute atomic E-state index is 0.471. The molecule has 0 saturated carbocycles. The van der Waals surface area contributed by atoms with Gasteiger partial charge in [-0.25, -0.2) is 4.79 Å². The van der Waals surface area contributed by atoms with Crippen molar-refractivity contribution >= 4 is 46.7 Å². The maximum absolute atomic E-state index is 14.0. The van der Waals surface area contributed by atoms with Crippen LogP contribution in [0.1, 0.15) is 28.3 Å². The second kappa shape index (κ2) is 9.47. The standard InChI is InChI=1S/C31H20Cl2N2O2/c32-24-15-11-20(12-16-24)19-26-27(21-7-3-1-4-8-21)34-28(23-13-17-25(33)18-14-23)31(26)29(35-37-30(31)36)22-9-5-2-6-10-22/h1-19,28H/b26-19-/t28-,31-/m1/s1. The number of oxime groups is 1. The average molecular weight is 523 g/mol. The highest BCUT2D eigenvalue weighted by Crippen LogP contribution is 2.55. The van der Waals surface area contributed by atoms with Crippen molar-refractivity contribution in [2.45, 2.75) is 6.04 Å². The van der Waals surface area contributed by atoms with Gasteiger partial charge in [0, 0.05) is 26.7 Å². The summed E-state index contributed by atoms with van der Waals surface area (Å²) in [6.07, 6.45) is 1.99. The fraction of sp³-hybridized carbons (Fsp3) is 0.0645. The second-order valence-electron chi connectivity index (χ2n) is 8.90. The maximum Gasteiger partial charge on any atom is 0.354 e. The third kappa shape index (κ3) is 3.99. The van der Waals surface area contributed by atoms with Crippen LogP contribution in [0.4, 0.5) is 0 Å². The summed E-state index contributed by atoms with van der Waals surface area (Å²) >= 11 is 12.4. The number of rotatable bonds is 4. The van der Waals surface area contributed by atoms with Crippen molar-refractivity contribution in [1.29, 1.82) is 0 Å². The monoisotopic (exact) mass is 522 g/mol. The molecule has 0 aromatic heterocycles. The van der Waals surface area contributed by atoms with E-state index in [-0.39, 0.29) is 0 Å². The molecule has 2 aliphatic rings. The van der Waals surface area contributed by atoms with Crippen LogP contribution in [0.3, 0.4) is 0 Å². The third-order valence-electron chi connectivity index (χ3n) is 6.72. The molecule has 180 valence electrons. The molecule has 4 nitrogen and oxygen atoms in total. The Balaban J connectivity index is 1.66. The Morgan fingerprint density at radius 1 is 0.730 bits per heavy atom. The van der Waals surface area contributed by atoms with E-state index in [9.17, 15) is 4.79 Å². The lowest BCUT2D eigenvalue weighted by atomic mass is 9.67. The summed E-state index contributed by atoms with van der Waals surface area (Å²) in [5.41, 5.74) is 4.03. The highest BCUT2D eigenvalue weighted by Gasteiger charge is 2.63. The molecule has 2 heterocycles. The molecular formula is C31H20Cl2N2O2. The number of carbonyl (C=O) groups is 1.